The largest absolute Gasteiger partial charge is 0.354 e. The number of carbonyl (C=O) groups is 2. The van der Waals surface area contributed by atoms with Gasteiger partial charge in [0.25, 0.3) is 0 Å². The fourth-order valence-corrected chi connectivity index (χ4v) is 5.46. The van der Waals surface area contributed by atoms with E-state index in [1.54, 1.807) is 12.1 Å². The number of amides is 2. The first-order valence-electron chi connectivity index (χ1n) is 12.8. The van der Waals surface area contributed by atoms with Gasteiger partial charge in [-0.3, -0.25) is 13.9 Å². The van der Waals surface area contributed by atoms with Crippen molar-refractivity contribution in [3.8, 4) is 0 Å². The van der Waals surface area contributed by atoms with Crippen LogP contribution >= 0.6 is 23.2 Å². The molecule has 1 atom stereocenters. The monoisotopic (exact) mass is 607 g/mol. The number of carbonyl (C=O) groups excluding carboxylic acids is 2. The zero-order valence-electron chi connectivity index (χ0n) is 22.3. The van der Waals surface area contributed by atoms with Gasteiger partial charge < -0.3 is 10.2 Å². The number of benzene rings is 3. The van der Waals surface area contributed by atoms with Gasteiger partial charge in [0, 0.05) is 29.6 Å². The van der Waals surface area contributed by atoms with Crippen molar-refractivity contribution in [2.45, 2.75) is 38.8 Å². The van der Waals surface area contributed by atoms with Gasteiger partial charge in [-0.05, 0) is 41.8 Å². The normalized spacial score (nSPS) is 12.0. The maximum Gasteiger partial charge on any atom is 0.244 e. The predicted octanol–water partition coefficient (Wildman–Crippen LogP) is 5.45. The van der Waals surface area contributed by atoms with Gasteiger partial charge in [0.15, 0.2) is 0 Å². The number of hydrogen-bond acceptors (Lipinski definition) is 4. The first-order valence-corrected chi connectivity index (χ1v) is 15.4. The third-order valence-corrected chi connectivity index (χ3v) is 7.97. The van der Waals surface area contributed by atoms with Gasteiger partial charge in [0.2, 0.25) is 21.8 Å². The van der Waals surface area contributed by atoms with Crippen LogP contribution in [0.2, 0.25) is 10.0 Å². The van der Waals surface area contributed by atoms with Gasteiger partial charge in [-0.2, -0.15) is 0 Å². The lowest BCUT2D eigenvalue weighted by Gasteiger charge is -2.33. The molecule has 0 saturated carbocycles. The van der Waals surface area contributed by atoms with Crippen molar-refractivity contribution in [3.63, 3.8) is 0 Å². The van der Waals surface area contributed by atoms with Gasteiger partial charge in [0.05, 0.1) is 11.9 Å². The molecule has 2 amide bonds. The van der Waals surface area contributed by atoms with Crippen LogP contribution in [0, 0.1) is 5.82 Å². The highest BCUT2D eigenvalue weighted by atomic mass is 35.5. The van der Waals surface area contributed by atoms with E-state index in [0.717, 1.165) is 30.7 Å². The maximum atomic E-state index is 14.7. The number of halogens is 3. The Morgan fingerprint density at radius 3 is 2.30 bits per heavy atom. The molecule has 11 heteroatoms. The molecule has 0 spiro atoms. The molecule has 3 rings (SSSR count). The number of unbranched alkanes of at least 4 members (excludes halogenated alkanes) is 1. The van der Waals surface area contributed by atoms with E-state index in [4.69, 9.17) is 23.2 Å². The van der Waals surface area contributed by atoms with Crippen LogP contribution in [0.25, 0.3) is 0 Å². The lowest BCUT2D eigenvalue weighted by molar-refractivity contribution is -0.140. The molecule has 0 saturated heterocycles. The molecule has 0 aliphatic carbocycles. The average Bonchev–Trinajstić information content (AvgIpc) is 2.91. The molecule has 0 aliphatic heterocycles. The number of sulfonamides is 1. The lowest BCUT2D eigenvalue weighted by Crippen LogP contribution is -2.53. The quantitative estimate of drug-likeness (QED) is 0.262. The molecule has 0 heterocycles. The molecule has 0 aromatic heterocycles. The minimum Gasteiger partial charge on any atom is -0.354 e. The molecule has 1 N–H and O–H groups in total. The van der Waals surface area contributed by atoms with Crippen molar-refractivity contribution >= 4 is 50.7 Å². The number of rotatable bonds is 13. The third kappa shape index (κ3) is 8.68. The van der Waals surface area contributed by atoms with Crippen LogP contribution in [0.3, 0.4) is 0 Å². The van der Waals surface area contributed by atoms with Crippen molar-refractivity contribution in [2.24, 2.45) is 0 Å². The minimum absolute atomic E-state index is 0.109. The number of nitrogens with one attached hydrogen (secondary N) is 1. The Morgan fingerprint density at radius 2 is 1.68 bits per heavy atom. The predicted molar refractivity (Wildman–Crippen MR) is 157 cm³/mol. The lowest BCUT2D eigenvalue weighted by atomic mass is 10.0. The average molecular weight is 609 g/mol. The van der Waals surface area contributed by atoms with E-state index < -0.39 is 40.2 Å². The van der Waals surface area contributed by atoms with Crippen LogP contribution in [-0.2, 0) is 32.6 Å². The van der Waals surface area contributed by atoms with Crippen LogP contribution in [0.15, 0.2) is 72.8 Å². The van der Waals surface area contributed by atoms with Crippen LogP contribution in [0.1, 0.15) is 30.9 Å². The van der Waals surface area contributed by atoms with Crippen molar-refractivity contribution < 1.29 is 22.4 Å². The van der Waals surface area contributed by atoms with Gasteiger partial charge in [-0.1, -0.05) is 85.1 Å². The zero-order chi connectivity index (χ0) is 29.3. The summed E-state index contributed by atoms with van der Waals surface area (Å²) in [4.78, 5) is 28.8. The Hall–Kier alpha value is -3.14. The standard InChI is InChI=1S/C29H32Cl2FN3O4S/c1-3-4-16-33-29(37)27(17-21-10-6-5-7-11-21)34(19-22-14-15-23(30)18-24(22)31)28(36)20-35(40(2,38)39)26-13-9-8-12-25(26)32/h5-15,18,27H,3-4,16-17,19-20H2,1-2H3,(H,33,37)/t27-/m0/s1. The molecular weight excluding hydrogens is 576 g/mol. The molecule has 3 aromatic rings. The minimum atomic E-state index is -4.08. The summed E-state index contributed by atoms with van der Waals surface area (Å²) in [6.45, 7) is 1.57. The second-order valence-electron chi connectivity index (χ2n) is 9.33. The molecule has 7 nitrogen and oxygen atoms in total. The van der Waals surface area contributed by atoms with E-state index in [1.807, 2.05) is 37.3 Å². The molecule has 3 aromatic carbocycles. The summed E-state index contributed by atoms with van der Waals surface area (Å²) in [5.74, 6) is -1.90. The van der Waals surface area contributed by atoms with E-state index in [-0.39, 0.29) is 23.7 Å². The Bertz CT molecular complexity index is 1420. The van der Waals surface area contributed by atoms with Gasteiger partial charge in [-0.15, -0.1) is 0 Å². The molecule has 0 radical (unpaired) electrons. The van der Waals surface area contributed by atoms with Crippen molar-refractivity contribution in [2.75, 3.05) is 23.7 Å². The topological polar surface area (TPSA) is 86.8 Å². The van der Waals surface area contributed by atoms with Gasteiger partial charge in [0.1, 0.15) is 18.4 Å². The fourth-order valence-electron chi connectivity index (χ4n) is 4.14. The number of para-hydroxylation sites is 1. The Labute approximate surface area is 244 Å². The van der Waals surface area contributed by atoms with Crippen LogP contribution in [0.5, 0.6) is 0 Å². The van der Waals surface area contributed by atoms with Crippen molar-refractivity contribution in [3.05, 3.63) is 99.8 Å². The maximum absolute atomic E-state index is 14.7. The first-order chi connectivity index (χ1) is 19.0. The number of hydrogen-bond donors (Lipinski definition) is 1. The summed E-state index contributed by atoms with van der Waals surface area (Å²) in [5, 5.41) is 3.57. The van der Waals surface area contributed by atoms with E-state index in [9.17, 15) is 22.4 Å². The molecule has 0 bridgehead atoms. The van der Waals surface area contributed by atoms with Gasteiger partial charge >= 0.3 is 0 Å². The highest BCUT2D eigenvalue weighted by molar-refractivity contribution is 7.92. The molecule has 0 fully saturated rings. The first kappa shape index (κ1) is 31.4. The number of nitrogens with zero attached hydrogens (tertiary/aromatic N) is 2. The summed E-state index contributed by atoms with van der Waals surface area (Å²) >= 11 is 12.5. The summed E-state index contributed by atoms with van der Waals surface area (Å²) in [5.41, 5.74) is 1.04. The fraction of sp³-hybridized carbons (Fsp3) is 0.310. The summed E-state index contributed by atoms with van der Waals surface area (Å²) in [7, 11) is -4.08. The Kier molecular flexibility index (Phi) is 11.4. The summed E-state index contributed by atoms with van der Waals surface area (Å²) < 4.78 is 40.9. The van der Waals surface area contributed by atoms with Crippen molar-refractivity contribution in [1.82, 2.24) is 10.2 Å². The number of anilines is 1. The van der Waals surface area contributed by atoms with E-state index in [2.05, 4.69) is 5.32 Å². The highest BCUT2D eigenvalue weighted by Gasteiger charge is 2.33. The second kappa shape index (κ2) is 14.5. The molecule has 40 heavy (non-hydrogen) atoms. The Morgan fingerprint density at radius 1 is 1.00 bits per heavy atom. The second-order valence-corrected chi connectivity index (χ2v) is 12.1. The van der Waals surface area contributed by atoms with E-state index in [1.165, 1.54) is 29.2 Å². The SMILES string of the molecule is CCCCNC(=O)[C@H](Cc1ccccc1)N(Cc1ccc(Cl)cc1Cl)C(=O)CN(c1ccccc1F)S(C)(=O)=O. The molecule has 0 aliphatic rings. The smallest absolute Gasteiger partial charge is 0.244 e. The zero-order valence-corrected chi connectivity index (χ0v) is 24.6. The third-order valence-electron chi connectivity index (χ3n) is 6.26. The van der Waals surface area contributed by atoms with Gasteiger partial charge in [-0.25, -0.2) is 12.8 Å². The highest BCUT2D eigenvalue weighted by Crippen LogP contribution is 2.26. The van der Waals surface area contributed by atoms with E-state index in [0.29, 0.717) is 21.4 Å². The van der Waals surface area contributed by atoms with E-state index >= 15 is 0 Å². The molecule has 0 unspecified atom stereocenters. The van der Waals surface area contributed by atoms with Crippen LogP contribution < -0.4 is 9.62 Å². The summed E-state index contributed by atoms with van der Waals surface area (Å²) in [6, 6.07) is 18.2. The summed E-state index contributed by atoms with van der Waals surface area (Å²) in [6.07, 6.45) is 2.66. The Balaban J connectivity index is 2.07. The van der Waals surface area contributed by atoms with Crippen LogP contribution in [0.4, 0.5) is 10.1 Å². The van der Waals surface area contributed by atoms with Crippen LogP contribution in [-0.4, -0.2) is 50.5 Å². The molecule has 214 valence electrons. The molecular formula is C29H32Cl2FN3O4S. The van der Waals surface area contributed by atoms with Crippen molar-refractivity contribution in [1.29, 1.82) is 0 Å².